The van der Waals surface area contributed by atoms with Crippen LogP contribution in [-0.2, 0) is 6.42 Å². The predicted octanol–water partition coefficient (Wildman–Crippen LogP) is 3.74. The number of anilines is 1. The molecular weight excluding hydrogens is 319 g/mol. The molecule has 1 aliphatic heterocycles. The van der Waals surface area contributed by atoms with Gasteiger partial charge in [-0.25, -0.2) is 4.79 Å². The van der Waals surface area contributed by atoms with E-state index in [0.717, 1.165) is 19.3 Å². The average Bonchev–Trinajstić information content (AvgIpc) is 2.74. The van der Waals surface area contributed by atoms with Gasteiger partial charge in [-0.1, -0.05) is 12.1 Å². The minimum absolute atomic E-state index is 0.184. The summed E-state index contributed by atoms with van der Waals surface area (Å²) in [4.78, 5) is 16.3. The molecule has 0 radical (unpaired) electrons. The number of hydrogen-bond acceptors (Lipinski definition) is 2. The van der Waals surface area contributed by atoms with Crippen LogP contribution in [0.1, 0.15) is 24.8 Å². The maximum atomic E-state index is 12.3. The molecule has 1 aliphatic rings. The summed E-state index contributed by atoms with van der Waals surface area (Å²) in [6.45, 7) is 1.38. The smallest absolute Gasteiger partial charge is 0.324 e. The zero-order valence-corrected chi connectivity index (χ0v) is 14.1. The van der Waals surface area contributed by atoms with E-state index in [1.807, 2.05) is 14.1 Å². The van der Waals surface area contributed by atoms with Crippen molar-refractivity contribution in [2.24, 2.45) is 0 Å². The number of carbonyl (C=O) groups excluding carboxylic acids is 1. The monoisotopic (exact) mass is 343 g/mol. The molecule has 1 atom stereocenters. The van der Waals surface area contributed by atoms with Crippen LogP contribution < -0.4 is 5.32 Å². The Labute approximate surface area is 140 Å². The van der Waals surface area contributed by atoms with Gasteiger partial charge in [-0.2, -0.15) is 13.2 Å². The maximum absolute atomic E-state index is 12.3. The van der Waals surface area contributed by atoms with E-state index in [0.29, 0.717) is 24.8 Å². The molecule has 0 aliphatic carbocycles. The molecule has 1 N–H and O–H groups in total. The van der Waals surface area contributed by atoms with Crippen molar-refractivity contribution in [2.45, 2.75) is 37.9 Å². The molecule has 0 spiro atoms. The molecule has 2 amide bonds. The average molecular weight is 343 g/mol. The lowest BCUT2D eigenvalue weighted by molar-refractivity contribution is -0.127. The fourth-order valence-corrected chi connectivity index (χ4v) is 2.94. The largest absolute Gasteiger partial charge is 0.393 e. The second-order valence-corrected chi connectivity index (χ2v) is 6.45. The van der Waals surface area contributed by atoms with Crippen molar-refractivity contribution in [3.63, 3.8) is 0 Å². The second-order valence-electron chi connectivity index (χ2n) is 6.45. The first kappa shape index (κ1) is 18.6. The molecular formula is C17H24F3N3O. The number of nitrogens with zero attached hydrogens (tertiary/aromatic N) is 2. The van der Waals surface area contributed by atoms with Crippen LogP contribution in [0, 0.1) is 0 Å². The van der Waals surface area contributed by atoms with Gasteiger partial charge < -0.3 is 15.1 Å². The van der Waals surface area contributed by atoms with Crippen molar-refractivity contribution in [3.05, 3.63) is 29.8 Å². The molecule has 24 heavy (non-hydrogen) atoms. The minimum atomic E-state index is -4.22. The van der Waals surface area contributed by atoms with Crippen molar-refractivity contribution >= 4 is 11.7 Å². The lowest BCUT2D eigenvalue weighted by Crippen LogP contribution is -2.36. The van der Waals surface area contributed by atoms with Gasteiger partial charge in [0.25, 0.3) is 0 Å². The van der Waals surface area contributed by atoms with Crippen LogP contribution in [0.2, 0.25) is 0 Å². The number of alkyl halides is 3. The topological polar surface area (TPSA) is 35.6 Å². The van der Waals surface area contributed by atoms with Gasteiger partial charge in [-0.05, 0) is 51.1 Å². The summed E-state index contributed by atoms with van der Waals surface area (Å²) >= 11 is 0. The van der Waals surface area contributed by atoms with E-state index in [2.05, 4.69) is 10.2 Å². The Bertz CT molecular complexity index is 543. The Morgan fingerprint density at radius 3 is 2.46 bits per heavy atom. The van der Waals surface area contributed by atoms with Crippen molar-refractivity contribution < 1.29 is 18.0 Å². The van der Waals surface area contributed by atoms with Crippen LogP contribution >= 0.6 is 0 Å². The highest BCUT2D eigenvalue weighted by atomic mass is 19.4. The van der Waals surface area contributed by atoms with Gasteiger partial charge in [0.05, 0.1) is 6.42 Å². The molecule has 134 valence electrons. The molecule has 0 aromatic heterocycles. The molecule has 4 nitrogen and oxygen atoms in total. The fourth-order valence-electron chi connectivity index (χ4n) is 2.94. The Hall–Kier alpha value is -1.76. The standard InChI is InChI=1S/C17H24F3N3O/c1-22(2)15-4-3-10-23(11-9-15)16(24)21-14-7-5-13(6-8-14)12-17(18,19)20/h5-8,15H,3-4,9-12H2,1-2H3,(H,21,24). The number of halogens is 3. The number of nitrogens with one attached hydrogen (secondary N) is 1. The molecule has 1 saturated heterocycles. The van der Waals surface area contributed by atoms with Gasteiger partial charge in [0.2, 0.25) is 0 Å². The van der Waals surface area contributed by atoms with E-state index in [-0.39, 0.29) is 11.6 Å². The van der Waals surface area contributed by atoms with Gasteiger partial charge in [-0.15, -0.1) is 0 Å². The Kier molecular flexibility index (Phi) is 6.10. The van der Waals surface area contributed by atoms with Gasteiger partial charge in [0.15, 0.2) is 0 Å². The molecule has 1 heterocycles. The first-order valence-corrected chi connectivity index (χ1v) is 8.12. The zero-order valence-electron chi connectivity index (χ0n) is 14.1. The third-order valence-electron chi connectivity index (χ3n) is 4.32. The third-order valence-corrected chi connectivity index (χ3v) is 4.32. The lowest BCUT2D eigenvalue weighted by atomic mass is 10.1. The number of hydrogen-bond donors (Lipinski definition) is 1. The summed E-state index contributed by atoms with van der Waals surface area (Å²) in [5, 5.41) is 2.77. The van der Waals surface area contributed by atoms with E-state index in [1.54, 1.807) is 4.90 Å². The first-order chi connectivity index (χ1) is 11.2. The van der Waals surface area contributed by atoms with Crippen LogP contribution in [0.4, 0.5) is 23.7 Å². The van der Waals surface area contributed by atoms with Gasteiger partial charge in [0.1, 0.15) is 0 Å². The van der Waals surface area contributed by atoms with Crippen molar-refractivity contribution in [2.75, 3.05) is 32.5 Å². The SMILES string of the molecule is CN(C)C1CCCN(C(=O)Nc2ccc(CC(F)(F)F)cc2)CC1. The highest BCUT2D eigenvalue weighted by Gasteiger charge is 2.27. The minimum Gasteiger partial charge on any atom is -0.324 e. The normalized spacial score (nSPS) is 19.2. The molecule has 1 aromatic rings. The van der Waals surface area contributed by atoms with Crippen molar-refractivity contribution in [1.29, 1.82) is 0 Å². The Morgan fingerprint density at radius 1 is 1.21 bits per heavy atom. The number of amides is 2. The number of carbonyl (C=O) groups is 1. The summed E-state index contributed by atoms with van der Waals surface area (Å²) in [6.07, 6.45) is -2.26. The van der Waals surface area contributed by atoms with Gasteiger partial charge >= 0.3 is 12.2 Å². The van der Waals surface area contributed by atoms with E-state index in [9.17, 15) is 18.0 Å². The molecule has 2 rings (SSSR count). The summed E-state index contributed by atoms with van der Waals surface area (Å²) in [5.41, 5.74) is 0.698. The van der Waals surface area contributed by atoms with E-state index >= 15 is 0 Å². The quantitative estimate of drug-likeness (QED) is 0.907. The first-order valence-electron chi connectivity index (χ1n) is 8.12. The number of rotatable bonds is 3. The lowest BCUT2D eigenvalue weighted by Gasteiger charge is -2.23. The van der Waals surface area contributed by atoms with E-state index in [4.69, 9.17) is 0 Å². The van der Waals surface area contributed by atoms with Crippen LogP contribution in [0.5, 0.6) is 0 Å². The van der Waals surface area contributed by atoms with Gasteiger partial charge in [0, 0.05) is 24.8 Å². The van der Waals surface area contributed by atoms with Gasteiger partial charge in [-0.3, -0.25) is 0 Å². The van der Waals surface area contributed by atoms with E-state index < -0.39 is 12.6 Å². The second kappa shape index (κ2) is 7.88. The maximum Gasteiger partial charge on any atom is 0.393 e. The highest BCUT2D eigenvalue weighted by molar-refractivity contribution is 5.89. The Balaban J connectivity index is 1.90. The molecule has 1 unspecified atom stereocenters. The number of urea groups is 1. The molecule has 1 aromatic carbocycles. The zero-order chi connectivity index (χ0) is 17.7. The third kappa shape index (κ3) is 5.70. The van der Waals surface area contributed by atoms with Crippen LogP contribution in [-0.4, -0.2) is 55.2 Å². The summed E-state index contributed by atoms with van der Waals surface area (Å²) in [5.74, 6) is 0. The van der Waals surface area contributed by atoms with Crippen molar-refractivity contribution in [3.8, 4) is 0 Å². The van der Waals surface area contributed by atoms with Crippen LogP contribution in [0.3, 0.4) is 0 Å². The summed E-state index contributed by atoms with van der Waals surface area (Å²) in [6, 6.07) is 6.10. The fraction of sp³-hybridized carbons (Fsp3) is 0.588. The van der Waals surface area contributed by atoms with Crippen LogP contribution in [0.15, 0.2) is 24.3 Å². The number of likely N-dealkylation sites (tertiary alicyclic amines) is 1. The van der Waals surface area contributed by atoms with Crippen LogP contribution in [0.25, 0.3) is 0 Å². The van der Waals surface area contributed by atoms with Crippen molar-refractivity contribution in [1.82, 2.24) is 9.80 Å². The summed E-state index contributed by atoms with van der Waals surface area (Å²) < 4.78 is 37.0. The molecule has 7 heteroatoms. The molecule has 1 fully saturated rings. The predicted molar refractivity (Wildman–Crippen MR) is 88.1 cm³/mol. The highest BCUT2D eigenvalue weighted by Crippen LogP contribution is 2.22. The Morgan fingerprint density at radius 2 is 1.88 bits per heavy atom. The molecule has 0 saturated carbocycles. The molecule has 0 bridgehead atoms. The summed E-state index contributed by atoms with van der Waals surface area (Å²) in [7, 11) is 4.09. The van der Waals surface area contributed by atoms with E-state index in [1.165, 1.54) is 24.3 Å². The number of benzene rings is 1.